The van der Waals surface area contributed by atoms with Crippen LogP contribution >= 0.6 is 0 Å². The predicted molar refractivity (Wildman–Crippen MR) is 110 cm³/mol. The van der Waals surface area contributed by atoms with E-state index in [0.717, 1.165) is 48.1 Å². The number of aromatic nitrogens is 7. The summed E-state index contributed by atoms with van der Waals surface area (Å²) < 4.78 is 11.1. The number of ether oxygens (including phenoxy) is 1. The lowest BCUT2D eigenvalue weighted by atomic mass is 10.0. The van der Waals surface area contributed by atoms with Gasteiger partial charge in [0.15, 0.2) is 11.3 Å². The minimum absolute atomic E-state index is 0.0528. The Kier molecular flexibility index (Phi) is 3.73. The number of fused-ring (bicyclic) bond motifs is 4. The second kappa shape index (κ2) is 6.36. The van der Waals surface area contributed by atoms with Crippen LogP contribution in [-0.4, -0.2) is 45.9 Å². The summed E-state index contributed by atoms with van der Waals surface area (Å²) in [5.41, 5.74) is 3.95. The van der Waals surface area contributed by atoms with E-state index in [0.29, 0.717) is 11.6 Å². The molecule has 6 heterocycles. The highest BCUT2D eigenvalue weighted by atomic mass is 16.5. The van der Waals surface area contributed by atoms with Gasteiger partial charge < -0.3 is 10.1 Å². The predicted octanol–water partition coefficient (Wildman–Crippen LogP) is 2.11. The number of hydrogen-bond donors (Lipinski definition) is 1. The summed E-state index contributed by atoms with van der Waals surface area (Å²) in [7, 11) is 1.77. The maximum absolute atomic E-state index is 13.0. The van der Waals surface area contributed by atoms with Gasteiger partial charge in [-0.15, -0.1) is 0 Å². The van der Waals surface area contributed by atoms with Crippen LogP contribution in [0.2, 0.25) is 0 Å². The highest BCUT2D eigenvalue weighted by Gasteiger charge is 2.37. The highest BCUT2D eigenvalue weighted by molar-refractivity contribution is 5.73. The van der Waals surface area contributed by atoms with Crippen LogP contribution in [0.1, 0.15) is 37.3 Å². The number of hydrogen-bond acceptors (Lipinski definition) is 7. The molecule has 0 aliphatic carbocycles. The van der Waals surface area contributed by atoms with Crippen LogP contribution in [0.3, 0.4) is 0 Å². The molecule has 0 aromatic carbocycles. The van der Waals surface area contributed by atoms with Crippen molar-refractivity contribution in [2.24, 2.45) is 7.05 Å². The summed E-state index contributed by atoms with van der Waals surface area (Å²) in [5, 5.41) is 7.46. The van der Waals surface area contributed by atoms with E-state index in [1.807, 2.05) is 23.8 Å². The zero-order valence-electron chi connectivity index (χ0n) is 16.8. The number of rotatable bonds is 3. The Balaban J connectivity index is 1.42. The lowest BCUT2D eigenvalue weighted by Gasteiger charge is -2.28. The molecule has 1 N–H and O–H groups in total. The van der Waals surface area contributed by atoms with Gasteiger partial charge in [-0.3, -0.25) is 9.13 Å². The first-order valence-corrected chi connectivity index (χ1v) is 10.2. The third-order valence-corrected chi connectivity index (χ3v) is 6.33. The largest absolute Gasteiger partial charge is 0.375 e. The van der Waals surface area contributed by atoms with Gasteiger partial charge in [-0.25, -0.2) is 19.3 Å². The average molecular weight is 406 g/mol. The highest BCUT2D eigenvalue weighted by Crippen LogP contribution is 2.38. The normalized spacial score (nSPS) is 23.5. The minimum Gasteiger partial charge on any atom is -0.375 e. The third-order valence-electron chi connectivity index (χ3n) is 6.33. The Bertz CT molecular complexity index is 1320. The molecule has 6 rings (SSSR count). The fraction of sp³-hybridized carbons (Fsp3) is 0.450. The SMILES string of the molecule is Cc1cc2ncnn2cc1Nc1ncc2c(n1)n([C@H]1C[C@H]3CC[C@@H](C1)O3)c(=O)n2C. The number of aryl methyl sites for hydroxylation is 2. The zero-order chi connectivity index (χ0) is 20.4. The Morgan fingerprint density at radius 1 is 1.20 bits per heavy atom. The molecule has 0 unspecified atom stereocenters. The van der Waals surface area contributed by atoms with Crippen molar-refractivity contribution in [3.8, 4) is 0 Å². The second-order valence-corrected chi connectivity index (χ2v) is 8.25. The first-order valence-electron chi connectivity index (χ1n) is 10.2. The van der Waals surface area contributed by atoms with Crippen LogP contribution in [0.15, 0.2) is 29.6 Å². The minimum atomic E-state index is -0.0528. The number of imidazole rings is 1. The molecule has 10 nitrogen and oxygen atoms in total. The van der Waals surface area contributed by atoms with Gasteiger partial charge in [0.2, 0.25) is 5.95 Å². The maximum Gasteiger partial charge on any atom is 0.330 e. The second-order valence-electron chi connectivity index (χ2n) is 8.25. The molecule has 10 heteroatoms. The summed E-state index contributed by atoms with van der Waals surface area (Å²) >= 11 is 0. The molecule has 3 atom stereocenters. The van der Waals surface area contributed by atoms with Crippen molar-refractivity contribution < 1.29 is 4.74 Å². The van der Waals surface area contributed by atoms with E-state index in [1.54, 1.807) is 22.3 Å². The first kappa shape index (κ1) is 17.6. The van der Waals surface area contributed by atoms with Crippen molar-refractivity contribution in [2.75, 3.05) is 5.32 Å². The van der Waals surface area contributed by atoms with E-state index in [2.05, 4.69) is 20.4 Å². The van der Waals surface area contributed by atoms with E-state index in [1.165, 1.54) is 6.33 Å². The summed E-state index contributed by atoms with van der Waals surface area (Å²) in [5.74, 6) is 0.444. The monoisotopic (exact) mass is 406 g/mol. The number of nitrogens with one attached hydrogen (secondary N) is 1. The van der Waals surface area contributed by atoms with Crippen molar-refractivity contribution in [1.29, 1.82) is 0 Å². The van der Waals surface area contributed by atoms with Crippen LogP contribution in [0.25, 0.3) is 16.8 Å². The molecule has 2 fully saturated rings. The van der Waals surface area contributed by atoms with E-state index >= 15 is 0 Å². The molecule has 0 saturated carbocycles. The molecule has 0 spiro atoms. The molecule has 0 amide bonds. The Morgan fingerprint density at radius 3 is 2.80 bits per heavy atom. The van der Waals surface area contributed by atoms with Crippen molar-refractivity contribution >= 4 is 28.4 Å². The summed E-state index contributed by atoms with van der Waals surface area (Å²) in [6.07, 6.45) is 9.43. The lowest BCUT2D eigenvalue weighted by Crippen LogP contribution is -2.33. The van der Waals surface area contributed by atoms with Crippen LogP contribution < -0.4 is 11.0 Å². The van der Waals surface area contributed by atoms with E-state index < -0.39 is 0 Å². The number of anilines is 2. The Hall–Kier alpha value is -3.27. The van der Waals surface area contributed by atoms with E-state index in [9.17, 15) is 4.79 Å². The topological polar surface area (TPSA) is 104 Å². The molecule has 2 aliphatic rings. The molecule has 30 heavy (non-hydrogen) atoms. The van der Waals surface area contributed by atoms with Gasteiger partial charge in [0, 0.05) is 13.1 Å². The quantitative estimate of drug-likeness (QED) is 0.556. The average Bonchev–Trinajstić information content (AvgIpc) is 3.39. The summed E-state index contributed by atoms with van der Waals surface area (Å²) in [4.78, 5) is 26.4. The molecule has 2 saturated heterocycles. The molecule has 4 aromatic rings. The summed E-state index contributed by atoms with van der Waals surface area (Å²) in [6.45, 7) is 1.99. The first-order chi connectivity index (χ1) is 14.6. The van der Waals surface area contributed by atoms with E-state index in [-0.39, 0.29) is 23.9 Å². The maximum atomic E-state index is 13.0. The van der Waals surface area contributed by atoms with Crippen molar-refractivity contribution in [1.82, 2.24) is 33.7 Å². The van der Waals surface area contributed by atoms with Gasteiger partial charge in [0.25, 0.3) is 0 Å². The van der Waals surface area contributed by atoms with Crippen molar-refractivity contribution in [3.05, 3.63) is 40.8 Å². The van der Waals surface area contributed by atoms with Gasteiger partial charge in [-0.1, -0.05) is 0 Å². The van der Waals surface area contributed by atoms with Gasteiger partial charge in [0.1, 0.15) is 11.8 Å². The smallest absolute Gasteiger partial charge is 0.330 e. The van der Waals surface area contributed by atoms with Crippen LogP contribution in [0, 0.1) is 6.92 Å². The molecule has 2 bridgehead atoms. The van der Waals surface area contributed by atoms with Crippen molar-refractivity contribution in [2.45, 2.75) is 50.9 Å². The standard InChI is InChI=1S/C20H22N8O2/c1-11-5-17-22-10-23-27(17)9-15(11)24-19-21-8-16-18(25-19)28(20(29)26(16)2)12-6-13-3-4-14(7-12)30-13/h5,8-10,12-14H,3-4,6-7H2,1-2H3,(H,21,24,25)/t12-,13+,14-. The fourth-order valence-electron chi connectivity index (χ4n) is 4.77. The van der Waals surface area contributed by atoms with Crippen molar-refractivity contribution in [3.63, 3.8) is 0 Å². The van der Waals surface area contributed by atoms with Gasteiger partial charge >= 0.3 is 5.69 Å². The van der Waals surface area contributed by atoms with Crippen LogP contribution in [0.5, 0.6) is 0 Å². The number of pyridine rings is 1. The fourth-order valence-corrected chi connectivity index (χ4v) is 4.77. The lowest BCUT2D eigenvalue weighted by molar-refractivity contribution is -0.0158. The Morgan fingerprint density at radius 2 is 2.00 bits per heavy atom. The molecular formula is C20H22N8O2. The summed E-state index contributed by atoms with van der Waals surface area (Å²) in [6, 6.07) is 2.05. The Labute approximate surface area is 171 Å². The number of nitrogens with zero attached hydrogens (tertiary/aromatic N) is 7. The molecular weight excluding hydrogens is 384 g/mol. The molecule has 4 aromatic heterocycles. The zero-order valence-corrected chi connectivity index (χ0v) is 16.8. The van der Waals surface area contributed by atoms with Crippen LogP contribution in [-0.2, 0) is 11.8 Å². The molecule has 154 valence electrons. The van der Waals surface area contributed by atoms with Crippen LogP contribution in [0.4, 0.5) is 11.6 Å². The third kappa shape index (κ3) is 2.63. The van der Waals surface area contributed by atoms with E-state index in [4.69, 9.17) is 9.72 Å². The molecule has 2 aliphatic heterocycles. The van der Waals surface area contributed by atoms with Gasteiger partial charge in [-0.2, -0.15) is 10.1 Å². The molecule has 0 radical (unpaired) electrons. The van der Waals surface area contributed by atoms with Gasteiger partial charge in [0.05, 0.1) is 30.3 Å². The van der Waals surface area contributed by atoms with Gasteiger partial charge in [-0.05, 0) is 44.2 Å².